The molecule has 2 aromatic heterocycles. The molecule has 1 aromatic carbocycles. The Morgan fingerprint density at radius 3 is 2.46 bits per heavy atom. The Morgan fingerprint density at radius 2 is 1.88 bits per heavy atom. The molecule has 0 bridgehead atoms. The zero-order chi connectivity index (χ0) is 18.7. The van der Waals surface area contributed by atoms with Crippen LogP contribution in [0.1, 0.15) is 25.1 Å². The summed E-state index contributed by atoms with van der Waals surface area (Å²) in [6, 6.07) is 3.91. The average molecular weight is 357 g/mol. The second kappa shape index (κ2) is 7.47. The van der Waals surface area contributed by atoms with E-state index < -0.39 is 0 Å². The lowest BCUT2D eigenvalue weighted by Gasteiger charge is -2.20. The number of hydrogen-bond donors (Lipinski definition) is 1. The van der Waals surface area contributed by atoms with Crippen LogP contribution in [-0.4, -0.2) is 41.1 Å². The number of nitrogens with one attached hydrogen (secondary N) is 1. The molecular weight excluding hydrogens is 334 g/mol. The maximum Gasteiger partial charge on any atom is 0.205 e. The molecule has 0 spiro atoms. The lowest BCUT2D eigenvalue weighted by atomic mass is 10.1. The first kappa shape index (κ1) is 17.8. The van der Waals surface area contributed by atoms with E-state index in [2.05, 4.69) is 27.3 Å². The van der Waals surface area contributed by atoms with Gasteiger partial charge in [-0.05, 0) is 18.6 Å². The minimum Gasteiger partial charge on any atom is -0.493 e. The van der Waals surface area contributed by atoms with E-state index in [1.54, 1.807) is 27.5 Å². The second-order valence-electron chi connectivity index (χ2n) is 5.75. The monoisotopic (exact) mass is 357 g/mol. The van der Waals surface area contributed by atoms with Gasteiger partial charge in [0, 0.05) is 13.2 Å². The third kappa shape index (κ3) is 2.98. The highest BCUT2D eigenvalue weighted by molar-refractivity contribution is 5.96. The molecule has 0 aliphatic rings. The van der Waals surface area contributed by atoms with E-state index >= 15 is 0 Å². The highest BCUT2D eigenvalue weighted by Gasteiger charge is 2.21. The third-order valence-corrected chi connectivity index (χ3v) is 4.37. The molecule has 1 N–H and O–H groups in total. The van der Waals surface area contributed by atoms with Crippen LogP contribution in [0, 0.1) is 0 Å². The predicted molar refractivity (Wildman–Crippen MR) is 99.1 cm³/mol. The maximum absolute atomic E-state index is 5.53. The first-order chi connectivity index (χ1) is 12.6. The average Bonchev–Trinajstić information content (AvgIpc) is 3.10. The number of benzene rings is 1. The Labute approximate surface area is 152 Å². The van der Waals surface area contributed by atoms with Gasteiger partial charge < -0.3 is 19.5 Å². The van der Waals surface area contributed by atoms with Gasteiger partial charge in [-0.2, -0.15) is 5.10 Å². The molecule has 0 fully saturated rings. The number of hydrogen-bond acceptors (Lipinski definition) is 7. The number of aromatic nitrogens is 4. The number of nitrogens with zero attached hydrogens (tertiary/aromatic N) is 4. The van der Waals surface area contributed by atoms with Crippen LogP contribution >= 0.6 is 0 Å². The van der Waals surface area contributed by atoms with E-state index in [1.165, 1.54) is 6.33 Å². The van der Waals surface area contributed by atoms with Crippen LogP contribution in [0.5, 0.6) is 17.2 Å². The van der Waals surface area contributed by atoms with E-state index in [9.17, 15) is 0 Å². The van der Waals surface area contributed by atoms with Crippen molar-refractivity contribution in [2.45, 2.75) is 19.4 Å². The van der Waals surface area contributed by atoms with E-state index in [4.69, 9.17) is 14.2 Å². The summed E-state index contributed by atoms with van der Waals surface area (Å²) >= 11 is 0. The molecule has 0 aliphatic carbocycles. The SMILES string of the molecule is CCC(Nc1ncnc2c(OC)c(OC)c(OC)cc12)c1ccnn1C. The highest BCUT2D eigenvalue weighted by Crippen LogP contribution is 2.44. The van der Waals surface area contributed by atoms with Crippen molar-refractivity contribution in [3.8, 4) is 17.2 Å². The lowest BCUT2D eigenvalue weighted by Crippen LogP contribution is -2.15. The van der Waals surface area contributed by atoms with E-state index in [-0.39, 0.29) is 6.04 Å². The number of anilines is 1. The summed E-state index contributed by atoms with van der Waals surface area (Å²) in [5, 5.41) is 8.54. The fraction of sp³-hybridized carbons (Fsp3) is 0.389. The van der Waals surface area contributed by atoms with Gasteiger partial charge in [-0.25, -0.2) is 9.97 Å². The minimum atomic E-state index is 0.0553. The normalized spacial score (nSPS) is 12.0. The molecule has 1 atom stereocenters. The molecule has 1 unspecified atom stereocenters. The van der Waals surface area contributed by atoms with Crippen LogP contribution < -0.4 is 19.5 Å². The van der Waals surface area contributed by atoms with Crippen molar-refractivity contribution >= 4 is 16.7 Å². The van der Waals surface area contributed by atoms with Crippen LogP contribution in [0.4, 0.5) is 5.82 Å². The second-order valence-corrected chi connectivity index (χ2v) is 5.75. The van der Waals surface area contributed by atoms with Crippen molar-refractivity contribution in [1.82, 2.24) is 19.7 Å². The lowest BCUT2D eigenvalue weighted by molar-refractivity contribution is 0.327. The van der Waals surface area contributed by atoms with Crippen molar-refractivity contribution in [3.63, 3.8) is 0 Å². The summed E-state index contributed by atoms with van der Waals surface area (Å²) in [6.07, 6.45) is 4.17. The van der Waals surface area contributed by atoms with Gasteiger partial charge in [0.2, 0.25) is 5.75 Å². The largest absolute Gasteiger partial charge is 0.493 e. The topological polar surface area (TPSA) is 83.3 Å². The highest BCUT2D eigenvalue weighted by atomic mass is 16.5. The molecule has 8 nitrogen and oxygen atoms in total. The Balaban J connectivity index is 2.13. The van der Waals surface area contributed by atoms with Crippen molar-refractivity contribution in [3.05, 3.63) is 30.4 Å². The first-order valence-corrected chi connectivity index (χ1v) is 8.32. The zero-order valence-corrected chi connectivity index (χ0v) is 15.6. The summed E-state index contributed by atoms with van der Waals surface area (Å²) in [5.74, 6) is 2.28. The molecule has 0 aliphatic heterocycles. The van der Waals surface area contributed by atoms with Gasteiger partial charge in [-0.1, -0.05) is 6.92 Å². The number of fused-ring (bicyclic) bond motifs is 1. The van der Waals surface area contributed by atoms with E-state index in [1.807, 2.05) is 23.9 Å². The van der Waals surface area contributed by atoms with Crippen molar-refractivity contribution in [2.75, 3.05) is 26.6 Å². The van der Waals surface area contributed by atoms with Gasteiger partial charge in [0.25, 0.3) is 0 Å². The first-order valence-electron chi connectivity index (χ1n) is 8.32. The van der Waals surface area contributed by atoms with Gasteiger partial charge >= 0.3 is 0 Å². The standard InChI is InChI=1S/C18H23N5O3/c1-6-12(13-7-8-21-23(13)2)22-18-11-9-14(24-3)16(25-4)17(26-5)15(11)19-10-20-18/h7-10,12H,6H2,1-5H3,(H,19,20,22). The third-order valence-electron chi connectivity index (χ3n) is 4.37. The summed E-state index contributed by atoms with van der Waals surface area (Å²) in [4.78, 5) is 8.82. The number of rotatable bonds is 7. The van der Waals surface area contributed by atoms with Gasteiger partial charge in [0.05, 0.1) is 38.5 Å². The fourth-order valence-corrected chi connectivity index (χ4v) is 3.05. The molecule has 138 valence electrons. The van der Waals surface area contributed by atoms with Gasteiger partial charge in [0.15, 0.2) is 11.5 Å². The van der Waals surface area contributed by atoms with Crippen LogP contribution in [0.15, 0.2) is 24.7 Å². The molecule has 3 aromatic rings. The summed E-state index contributed by atoms with van der Waals surface area (Å²) in [6.45, 7) is 2.11. The Kier molecular flexibility index (Phi) is 5.11. The zero-order valence-electron chi connectivity index (χ0n) is 15.6. The molecule has 0 amide bonds. The molecule has 26 heavy (non-hydrogen) atoms. The molecule has 8 heteroatoms. The number of ether oxygens (including phenoxy) is 3. The quantitative estimate of drug-likeness (QED) is 0.696. The molecule has 0 radical (unpaired) electrons. The molecule has 2 heterocycles. The Hall–Kier alpha value is -3.03. The van der Waals surface area contributed by atoms with Crippen LogP contribution in [0.3, 0.4) is 0 Å². The number of aryl methyl sites for hydroxylation is 1. The van der Waals surface area contributed by atoms with Crippen LogP contribution in [-0.2, 0) is 7.05 Å². The Morgan fingerprint density at radius 1 is 1.12 bits per heavy atom. The number of methoxy groups -OCH3 is 3. The van der Waals surface area contributed by atoms with E-state index in [0.29, 0.717) is 28.6 Å². The van der Waals surface area contributed by atoms with Gasteiger partial charge in [0.1, 0.15) is 17.7 Å². The minimum absolute atomic E-state index is 0.0553. The van der Waals surface area contributed by atoms with Crippen molar-refractivity contribution < 1.29 is 14.2 Å². The van der Waals surface area contributed by atoms with Crippen molar-refractivity contribution in [1.29, 1.82) is 0 Å². The fourth-order valence-electron chi connectivity index (χ4n) is 3.05. The van der Waals surface area contributed by atoms with Crippen LogP contribution in [0.25, 0.3) is 10.9 Å². The van der Waals surface area contributed by atoms with Gasteiger partial charge in [-0.15, -0.1) is 0 Å². The molecule has 0 saturated carbocycles. The summed E-state index contributed by atoms with van der Waals surface area (Å²) in [7, 11) is 6.66. The summed E-state index contributed by atoms with van der Waals surface area (Å²) in [5.41, 5.74) is 1.73. The molecular formula is C18H23N5O3. The molecule has 3 rings (SSSR count). The maximum atomic E-state index is 5.53. The molecule has 0 saturated heterocycles. The van der Waals surface area contributed by atoms with Crippen LogP contribution in [0.2, 0.25) is 0 Å². The van der Waals surface area contributed by atoms with Gasteiger partial charge in [-0.3, -0.25) is 4.68 Å². The summed E-state index contributed by atoms with van der Waals surface area (Å²) < 4.78 is 18.3. The predicted octanol–water partition coefficient (Wildman–Crippen LogP) is 2.95. The van der Waals surface area contributed by atoms with E-state index in [0.717, 1.165) is 17.5 Å². The van der Waals surface area contributed by atoms with Crippen molar-refractivity contribution in [2.24, 2.45) is 7.05 Å². The Bertz CT molecular complexity index is 909. The smallest absolute Gasteiger partial charge is 0.205 e.